The maximum absolute atomic E-state index is 12.5. The maximum atomic E-state index is 12.5. The van der Waals surface area contributed by atoms with Gasteiger partial charge in [0.2, 0.25) is 0 Å². The van der Waals surface area contributed by atoms with Gasteiger partial charge in [0.15, 0.2) is 5.78 Å². The molecule has 104 valence electrons. The van der Waals surface area contributed by atoms with E-state index >= 15 is 0 Å². The number of morpholine rings is 1. The zero-order chi connectivity index (χ0) is 13.1. The number of Topliss-reactive ketones (excluding diaryl/α,β-unsaturated/α-hetero) is 1. The van der Waals surface area contributed by atoms with E-state index in [1.54, 1.807) is 0 Å². The SMILES string of the molecule is CC1CCCC(C(=O)C2CN(C(C)C)CCO2)C1. The van der Waals surface area contributed by atoms with Crippen LogP contribution in [0.5, 0.6) is 0 Å². The lowest BCUT2D eigenvalue weighted by atomic mass is 9.79. The molecule has 3 atom stereocenters. The van der Waals surface area contributed by atoms with Gasteiger partial charge in [-0.2, -0.15) is 0 Å². The zero-order valence-electron chi connectivity index (χ0n) is 12.0. The average Bonchev–Trinajstić information content (AvgIpc) is 2.38. The molecule has 18 heavy (non-hydrogen) atoms. The molecular formula is C15H27NO2. The summed E-state index contributed by atoms with van der Waals surface area (Å²) in [5.74, 6) is 1.33. The molecule has 0 bridgehead atoms. The number of hydrogen-bond donors (Lipinski definition) is 0. The van der Waals surface area contributed by atoms with Gasteiger partial charge < -0.3 is 4.74 Å². The summed E-state index contributed by atoms with van der Waals surface area (Å²) < 4.78 is 5.72. The third-order valence-electron chi connectivity index (χ3n) is 4.48. The standard InChI is InChI=1S/C15H27NO2/c1-11(2)16-7-8-18-14(10-16)15(17)13-6-4-5-12(3)9-13/h11-14H,4-10H2,1-3H3. The molecule has 2 fully saturated rings. The van der Waals surface area contributed by atoms with Crippen LogP contribution in [0.2, 0.25) is 0 Å². The fourth-order valence-corrected chi connectivity index (χ4v) is 3.27. The lowest BCUT2D eigenvalue weighted by Crippen LogP contribution is -2.50. The largest absolute Gasteiger partial charge is 0.368 e. The van der Waals surface area contributed by atoms with Gasteiger partial charge in [-0.25, -0.2) is 0 Å². The minimum absolute atomic E-state index is 0.170. The highest BCUT2D eigenvalue weighted by Gasteiger charge is 2.34. The number of ketones is 1. The number of nitrogens with zero attached hydrogens (tertiary/aromatic N) is 1. The van der Waals surface area contributed by atoms with E-state index in [0.29, 0.717) is 24.3 Å². The molecule has 0 spiro atoms. The molecule has 1 saturated carbocycles. The minimum Gasteiger partial charge on any atom is -0.368 e. The van der Waals surface area contributed by atoms with E-state index in [1.807, 2.05) is 0 Å². The summed E-state index contributed by atoms with van der Waals surface area (Å²) in [6.45, 7) is 9.10. The van der Waals surface area contributed by atoms with Crippen molar-refractivity contribution in [3.63, 3.8) is 0 Å². The van der Waals surface area contributed by atoms with Crippen LogP contribution in [0.3, 0.4) is 0 Å². The Hall–Kier alpha value is -0.410. The van der Waals surface area contributed by atoms with E-state index in [9.17, 15) is 4.79 Å². The van der Waals surface area contributed by atoms with Gasteiger partial charge >= 0.3 is 0 Å². The summed E-state index contributed by atoms with van der Waals surface area (Å²) in [7, 11) is 0. The maximum Gasteiger partial charge on any atom is 0.165 e. The normalized spacial score (nSPS) is 34.8. The molecule has 3 unspecified atom stereocenters. The van der Waals surface area contributed by atoms with Crippen molar-refractivity contribution in [2.24, 2.45) is 11.8 Å². The van der Waals surface area contributed by atoms with Crippen LogP contribution < -0.4 is 0 Å². The third-order valence-corrected chi connectivity index (χ3v) is 4.48. The van der Waals surface area contributed by atoms with Crippen molar-refractivity contribution in [1.29, 1.82) is 0 Å². The highest BCUT2D eigenvalue weighted by atomic mass is 16.5. The second-order valence-corrected chi connectivity index (χ2v) is 6.32. The van der Waals surface area contributed by atoms with Crippen LogP contribution in [0.4, 0.5) is 0 Å². The topological polar surface area (TPSA) is 29.5 Å². The summed E-state index contributed by atoms with van der Waals surface area (Å²) in [5.41, 5.74) is 0. The molecule has 0 aromatic carbocycles. The molecule has 1 aliphatic carbocycles. The Balaban J connectivity index is 1.91. The molecule has 3 nitrogen and oxygen atoms in total. The van der Waals surface area contributed by atoms with Gasteiger partial charge in [-0.3, -0.25) is 9.69 Å². The number of carbonyl (C=O) groups excluding carboxylic acids is 1. The van der Waals surface area contributed by atoms with E-state index in [2.05, 4.69) is 25.7 Å². The summed E-state index contributed by atoms with van der Waals surface area (Å²) >= 11 is 0. The van der Waals surface area contributed by atoms with Crippen molar-refractivity contribution >= 4 is 5.78 Å². The molecule has 1 aliphatic heterocycles. The second kappa shape index (κ2) is 6.16. The van der Waals surface area contributed by atoms with E-state index in [-0.39, 0.29) is 12.0 Å². The molecule has 1 saturated heterocycles. The molecule has 2 rings (SSSR count). The van der Waals surface area contributed by atoms with Crippen molar-refractivity contribution in [2.75, 3.05) is 19.7 Å². The smallest absolute Gasteiger partial charge is 0.165 e. The Morgan fingerprint density at radius 3 is 2.78 bits per heavy atom. The molecular weight excluding hydrogens is 226 g/mol. The number of hydrogen-bond acceptors (Lipinski definition) is 3. The third kappa shape index (κ3) is 3.33. The van der Waals surface area contributed by atoms with Crippen LogP contribution in [0, 0.1) is 11.8 Å². The first kappa shape index (κ1) is 14.0. The molecule has 0 radical (unpaired) electrons. The number of ether oxygens (including phenoxy) is 1. The van der Waals surface area contributed by atoms with E-state index < -0.39 is 0 Å². The summed E-state index contributed by atoms with van der Waals surface area (Å²) in [4.78, 5) is 14.9. The van der Waals surface area contributed by atoms with Gasteiger partial charge in [-0.15, -0.1) is 0 Å². The second-order valence-electron chi connectivity index (χ2n) is 6.32. The molecule has 0 aromatic heterocycles. The molecule has 0 amide bonds. The van der Waals surface area contributed by atoms with Crippen LogP contribution >= 0.6 is 0 Å². The Morgan fingerprint density at radius 1 is 1.33 bits per heavy atom. The lowest BCUT2D eigenvalue weighted by Gasteiger charge is -2.37. The van der Waals surface area contributed by atoms with Crippen molar-refractivity contribution in [3.05, 3.63) is 0 Å². The Kier molecular flexibility index (Phi) is 4.79. The van der Waals surface area contributed by atoms with E-state index in [1.165, 1.54) is 12.8 Å². The van der Waals surface area contributed by atoms with Crippen molar-refractivity contribution in [3.8, 4) is 0 Å². The van der Waals surface area contributed by atoms with Crippen LogP contribution in [0.15, 0.2) is 0 Å². The monoisotopic (exact) mass is 253 g/mol. The van der Waals surface area contributed by atoms with Gasteiger partial charge in [-0.1, -0.05) is 19.8 Å². The molecule has 2 aliphatic rings. The molecule has 0 N–H and O–H groups in total. The van der Waals surface area contributed by atoms with Gasteiger partial charge in [0, 0.05) is 25.0 Å². The van der Waals surface area contributed by atoms with Crippen LogP contribution in [-0.2, 0) is 9.53 Å². The molecule has 0 aromatic rings. The van der Waals surface area contributed by atoms with Crippen molar-refractivity contribution in [1.82, 2.24) is 4.90 Å². The zero-order valence-corrected chi connectivity index (χ0v) is 12.0. The highest BCUT2D eigenvalue weighted by molar-refractivity contribution is 5.85. The van der Waals surface area contributed by atoms with Gasteiger partial charge in [0.05, 0.1) is 6.61 Å². The minimum atomic E-state index is -0.170. The molecule has 3 heteroatoms. The fraction of sp³-hybridized carbons (Fsp3) is 0.933. The summed E-state index contributed by atoms with van der Waals surface area (Å²) in [6, 6.07) is 0.509. The number of rotatable bonds is 3. The predicted molar refractivity (Wildman–Crippen MR) is 72.6 cm³/mol. The Bertz CT molecular complexity index is 290. The first-order valence-corrected chi connectivity index (χ1v) is 7.47. The Labute approximate surface area is 111 Å². The van der Waals surface area contributed by atoms with E-state index in [0.717, 1.165) is 25.9 Å². The van der Waals surface area contributed by atoms with Crippen molar-refractivity contribution < 1.29 is 9.53 Å². The van der Waals surface area contributed by atoms with Gasteiger partial charge in [0.25, 0.3) is 0 Å². The van der Waals surface area contributed by atoms with E-state index in [4.69, 9.17) is 4.74 Å². The van der Waals surface area contributed by atoms with Crippen molar-refractivity contribution in [2.45, 2.75) is 58.6 Å². The highest BCUT2D eigenvalue weighted by Crippen LogP contribution is 2.30. The first-order valence-electron chi connectivity index (χ1n) is 7.47. The molecule has 1 heterocycles. The predicted octanol–water partition coefficient (Wildman–Crippen LogP) is 2.49. The Morgan fingerprint density at radius 2 is 2.11 bits per heavy atom. The van der Waals surface area contributed by atoms with Crippen LogP contribution in [0.25, 0.3) is 0 Å². The average molecular weight is 253 g/mol. The summed E-state index contributed by atoms with van der Waals surface area (Å²) in [5, 5.41) is 0. The van der Waals surface area contributed by atoms with Crippen LogP contribution in [-0.4, -0.2) is 42.5 Å². The quantitative estimate of drug-likeness (QED) is 0.774. The van der Waals surface area contributed by atoms with Crippen LogP contribution in [0.1, 0.15) is 46.5 Å². The fourth-order valence-electron chi connectivity index (χ4n) is 3.27. The van der Waals surface area contributed by atoms with Gasteiger partial charge in [0.1, 0.15) is 6.10 Å². The lowest BCUT2D eigenvalue weighted by molar-refractivity contribution is -0.142. The van der Waals surface area contributed by atoms with Gasteiger partial charge in [-0.05, 0) is 32.6 Å². The number of carbonyl (C=O) groups is 1. The summed E-state index contributed by atoms with van der Waals surface area (Å²) in [6.07, 6.45) is 4.47. The first-order chi connectivity index (χ1) is 8.58.